The van der Waals surface area contributed by atoms with Crippen molar-refractivity contribution in [3.05, 3.63) is 52.0 Å². The first-order valence-corrected chi connectivity index (χ1v) is 7.88. The van der Waals surface area contributed by atoms with Gasteiger partial charge in [-0.1, -0.05) is 12.1 Å². The Morgan fingerprint density at radius 2 is 1.81 bits per heavy atom. The zero-order valence-electron chi connectivity index (χ0n) is 11.6. The molecule has 0 spiro atoms. The van der Waals surface area contributed by atoms with E-state index in [2.05, 4.69) is 15.9 Å². The number of phenols is 1. The van der Waals surface area contributed by atoms with E-state index in [4.69, 9.17) is 21.1 Å². The van der Waals surface area contributed by atoms with E-state index in [1.807, 2.05) is 31.2 Å². The van der Waals surface area contributed by atoms with Crippen molar-refractivity contribution in [3.8, 4) is 17.2 Å². The lowest BCUT2D eigenvalue weighted by Crippen LogP contribution is -2.01. The normalized spacial score (nSPS) is 10.4. The average Bonchev–Trinajstić information content (AvgIpc) is 2.48. The van der Waals surface area contributed by atoms with Gasteiger partial charge in [0.05, 0.1) is 11.1 Å². The molecule has 0 aromatic heterocycles. The molecular weight excluding hydrogens is 356 g/mol. The van der Waals surface area contributed by atoms with Crippen molar-refractivity contribution in [1.29, 1.82) is 0 Å². The second-order valence-corrected chi connectivity index (χ2v) is 5.55. The van der Waals surface area contributed by atoms with E-state index in [0.29, 0.717) is 30.6 Å². The molecule has 0 fully saturated rings. The number of rotatable bonds is 6. The number of hydrogen-bond donors (Lipinski definition) is 1. The van der Waals surface area contributed by atoms with Gasteiger partial charge in [0.25, 0.3) is 0 Å². The van der Waals surface area contributed by atoms with Crippen LogP contribution in [-0.4, -0.2) is 11.7 Å². The summed E-state index contributed by atoms with van der Waals surface area (Å²) in [5, 5.41) is 9.28. The highest BCUT2D eigenvalue weighted by atomic mass is 79.9. The fraction of sp³-hybridized carbons (Fsp3) is 0.250. The average molecular weight is 372 g/mol. The lowest BCUT2D eigenvalue weighted by molar-refractivity contribution is 0.267. The Kier molecular flexibility index (Phi) is 5.76. The van der Waals surface area contributed by atoms with E-state index in [0.717, 1.165) is 15.6 Å². The van der Waals surface area contributed by atoms with E-state index in [9.17, 15) is 5.11 Å². The monoisotopic (exact) mass is 370 g/mol. The van der Waals surface area contributed by atoms with Crippen molar-refractivity contribution in [2.24, 2.45) is 0 Å². The second-order valence-electron chi connectivity index (χ2n) is 4.43. The highest BCUT2D eigenvalue weighted by molar-refractivity contribution is 9.10. The number of aromatic hydroxyl groups is 1. The van der Waals surface area contributed by atoms with Crippen LogP contribution in [0.3, 0.4) is 0 Å². The topological polar surface area (TPSA) is 38.7 Å². The summed E-state index contributed by atoms with van der Waals surface area (Å²) >= 11 is 9.36. The molecule has 0 aliphatic heterocycles. The van der Waals surface area contributed by atoms with E-state index in [1.165, 1.54) is 0 Å². The van der Waals surface area contributed by atoms with Crippen LogP contribution in [0.1, 0.15) is 18.1 Å². The van der Waals surface area contributed by atoms with E-state index in [1.54, 1.807) is 12.1 Å². The maximum atomic E-state index is 9.28. The number of benzene rings is 2. The zero-order chi connectivity index (χ0) is 15.2. The minimum atomic E-state index is 0.237. The smallest absolute Gasteiger partial charge is 0.175 e. The molecule has 2 aromatic rings. The van der Waals surface area contributed by atoms with Crippen LogP contribution in [0.15, 0.2) is 40.9 Å². The van der Waals surface area contributed by atoms with E-state index >= 15 is 0 Å². The van der Waals surface area contributed by atoms with Crippen LogP contribution in [0, 0.1) is 0 Å². The molecule has 0 saturated heterocycles. The largest absolute Gasteiger partial charge is 0.508 e. The molecular formula is C16H16BrClO3. The van der Waals surface area contributed by atoms with Crippen molar-refractivity contribution in [2.45, 2.75) is 19.4 Å². The zero-order valence-corrected chi connectivity index (χ0v) is 13.9. The van der Waals surface area contributed by atoms with Gasteiger partial charge in [0.1, 0.15) is 12.4 Å². The third kappa shape index (κ3) is 4.29. The number of ether oxygens (including phenoxy) is 2. The maximum Gasteiger partial charge on any atom is 0.175 e. The molecule has 0 bridgehead atoms. The standard InChI is InChI=1S/C16H16BrClO3/c1-2-20-15-8-12(9-18)7-14(17)16(15)21-10-11-3-5-13(19)6-4-11/h3-8,19H,2,9-10H2,1H3. The number of alkyl halides is 1. The van der Waals surface area contributed by atoms with Gasteiger partial charge in [-0.25, -0.2) is 0 Å². The Bertz CT molecular complexity index is 599. The van der Waals surface area contributed by atoms with Gasteiger partial charge in [-0.2, -0.15) is 0 Å². The predicted octanol–water partition coefficient (Wildman–Crippen LogP) is 4.87. The molecule has 21 heavy (non-hydrogen) atoms. The summed E-state index contributed by atoms with van der Waals surface area (Å²) in [6.45, 7) is 2.86. The minimum absolute atomic E-state index is 0.237. The van der Waals surface area contributed by atoms with Crippen molar-refractivity contribution in [1.82, 2.24) is 0 Å². The molecule has 0 amide bonds. The Morgan fingerprint density at radius 1 is 1.10 bits per heavy atom. The number of hydrogen-bond acceptors (Lipinski definition) is 3. The summed E-state index contributed by atoms with van der Waals surface area (Å²) in [6, 6.07) is 10.7. The molecule has 2 aromatic carbocycles. The van der Waals surface area contributed by atoms with Crippen molar-refractivity contribution < 1.29 is 14.6 Å². The number of halogens is 2. The Labute approximate surface area is 137 Å². The second kappa shape index (κ2) is 7.57. The van der Waals surface area contributed by atoms with Crippen LogP contribution in [0.25, 0.3) is 0 Å². The molecule has 5 heteroatoms. The molecule has 0 unspecified atom stereocenters. The molecule has 112 valence electrons. The van der Waals surface area contributed by atoms with Gasteiger partial charge in [-0.15, -0.1) is 11.6 Å². The summed E-state index contributed by atoms with van der Waals surface area (Å²) in [7, 11) is 0. The van der Waals surface area contributed by atoms with Gasteiger partial charge in [0.2, 0.25) is 0 Å². The molecule has 0 heterocycles. The molecule has 0 aliphatic rings. The van der Waals surface area contributed by atoms with Gasteiger partial charge in [0, 0.05) is 5.88 Å². The Morgan fingerprint density at radius 3 is 2.43 bits per heavy atom. The fourth-order valence-electron chi connectivity index (χ4n) is 1.85. The third-order valence-electron chi connectivity index (χ3n) is 2.84. The Hall–Kier alpha value is -1.39. The van der Waals surface area contributed by atoms with Crippen LogP contribution in [-0.2, 0) is 12.5 Å². The van der Waals surface area contributed by atoms with Crippen LogP contribution in [0.4, 0.5) is 0 Å². The summed E-state index contributed by atoms with van der Waals surface area (Å²) in [6.07, 6.45) is 0. The van der Waals surface area contributed by atoms with Crippen LogP contribution >= 0.6 is 27.5 Å². The van der Waals surface area contributed by atoms with Gasteiger partial charge in [-0.05, 0) is 58.2 Å². The summed E-state index contributed by atoms with van der Waals surface area (Å²) < 4.78 is 12.3. The first-order valence-electron chi connectivity index (χ1n) is 6.56. The van der Waals surface area contributed by atoms with Crippen LogP contribution in [0.5, 0.6) is 17.2 Å². The minimum Gasteiger partial charge on any atom is -0.508 e. The first-order chi connectivity index (χ1) is 10.1. The molecule has 0 radical (unpaired) electrons. The van der Waals surface area contributed by atoms with E-state index in [-0.39, 0.29) is 5.75 Å². The molecule has 0 saturated carbocycles. The molecule has 2 rings (SSSR count). The van der Waals surface area contributed by atoms with Gasteiger partial charge < -0.3 is 14.6 Å². The van der Waals surface area contributed by atoms with E-state index < -0.39 is 0 Å². The first kappa shape index (κ1) is 16.0. The van der Waals surface area contributed by atoms with Crippen LogP contribution < -0.4 is 9.47 Å². The lowest BCUT2D eigenvalue weighted by atomic mass is 10.2. The van der Waals surface area contributed by atoms with Gasteiger partial charge in [0.15, 0.2) is 11.5 Å². The summed E-state index contributed by atoms with van der Waals surface area (Å²) in [5.41, 5.74) is 1.92. The molecule has 1 N–H and O–H groups in total. The lowest BCUT2D eigenvalue weighted by Gasteiger charge is -2.15. The van der Waals surface area contributed by atoms with Gasteiger partial charge in [-0.3, -0.25) is 0 Å². The highest BCUT2D eigenvalue weighted by Crippen LogP contribution is 2.37. The molecule has 0 atom stereocenters. The Balaban J connectivity index is 2.19. The fourth-order valence-corrected chi connectivity index (χ4v) is 2.61. The quantitative estimate of drug-likeness (QED) is 0.736. The summed E-state index contributed by atoms with van der Waals surface area (Å²) in [4.78, 5) is 0. The SMILES string of the molecule is CCOc1cc(CCl)cc(Br)c1OCc1ccc(O)cc1. The molecule has 0 aliphatic carbocycles. The van der Waals surface area contributed by atoms with Crippen LogP contribution in [0.2, 0.25) is 0 Å². The predicted molar refractivity (Wildman–Crippen MR) is 87.3 cm³/mol. The maximum absolute atomic E-state index is 9.28. The van der Waals surface area contributed by atoms with Gasteiger partial charge >= 0.3 is 0 Å². The third-order valence-corrected chi connectivity index (χ3v) is 3.74. The molecule has 3 nitrogen and oxygen atoms in total. The van der Waals surface area contributed by atoms with Crippen molar-refractivity contribution in [3.63, 3.8) is 0 Å². The van der Waals surface area contributed by atoms with Crippen molar-refractivity contribution in [2.75, 3.05) is 6.61 Å². The number of phenolic OH excluding ortho intramolecular Hbond substituents is 1. The highest BCUT2D eigenvalue weighted by Gasteiger charge is 2.12. The summed E-state index contributed by atoms with van der Waals surface area (Å²) in [5.74, 6) is 1.97. The van der Waals surface area contributed by atoms with Crippen molar-refractivity contribution >= 4 is 27.5 Å².